The molecule has 0 radical (unpaired) electrons. The highest BCUT2D eigenvalue weighted by molar-refractivity contribution is 6.30. The zero-order valence-corrected chi connectivity index (χ0v) is 18.0. The number of hydrogen-bond acceptors (Lipinski definition) is 7. The van der Waals surface area contributed by atoms with E-state index >= 15 is 0 Å². The number of hydrogen-bond donors (Lipinski definition) is 1. The van der Waals surface area contributed by atoms with E-state index in [0.29, 0.717) is 40.3 Å². The van der Waals surface area contributed by atoms with Gasteiger partial charge in [-0.3, -0.25) is 0 Å². The van der Waals surface area contributed by atoms with Crippen LogP contribution in [0.2, 0.25) is 5.02 Å². The van der Waals surface area contributed by atoms with Crippen LogP contribution in [0, 0.1) is 0 Å². The smallest absolute Gasteiger partial charge is 0.338 e. The van der Waals surface area contributed by atoms with Gasteiger partial charge in [0.1, 0.15) is 12.4 Å². The molecule has 0 spiro atoms. The number of anilines is 1. The summed E-state index contributed by atoms with van der Waals surface area (Å²) in [6.07, 6.45) is 1.43. The maximum Gasteiger partial charge on any atom is 0.338 e. The molecule has 8 nitrogen and oxygen atoms in total. The second kappa shape index (κ2) is 8.69. The Hall–Kier alpha value is -3.52. The number of carbonyl (C=O) groups is 1. The SMILES string of the molecule is CCOc1cc([C@H]2C(C(=O)OC)=C(c3ccc(Cl)cc3)Nc3ncnn32)ccc1OC. The van der Waals surface area contributed by atoms with Gasteiger partial charge in [-0.05, 0) is 42.3 Å². The Morgan fingerprint density at radius 1 is 1.16 bits per heavy atom. The molecular formula is C22H21ClN4O4. The predicted octanol–water partition coefficient (Wildman–Crippen LogP) is 3.94. The molecular weight excluding hydrogens is 420 g/mol. The summed E-state index contributed by atoms with van der Waals surface area (Å²) < 4.78 is 17.9. The lowest BCUT2D eigenvalue weighted by atomic mass is 9.92. The van der Waals surface area contributed by atoms with Crippen LogP contribution < -0.4 is 14.8 Å². The van der Waals surface area contributed by atoms with E-state index in [4.69, 9.17) is 25.8 Å². The van der Waals surface area contributed by atoms with Gasteiger partial charge in [-0.25, -0.2) is 9.48 Å². The Morgan fingerprint density at radius 2 is 1.94 bits per heavy atom. The van der Waals surface area contributed by atoms with Gasteiger partial charge in [0.25, 0.3) is 0 Å². The summed E-state index contributed by atoms with van der Waals surface area (Å²) in [5.41, 5.74) is 2.49. The lowest BCUT2D eigenvalue weighted by molar-refractivity contribution is -0.136. The van der Waals surface area contributed by atoms with Crippen molar-refractivity contribution in [2.45, 2.75) is 13.0 Å². The molecule has 0 bridgehead atoms. The Kier molecular flexibility index (Phi) is 5.81. The number of fused-ring (bicyclic) bond motifs is 1. The zero-order chi connectivity index (χ0) is 22.0. The standard InChI is InChI=1S/C22H21ClN4O4/c1-4-31-17-11-14(7-10-16(17)29-2)20-18(21(28)30-3)19(13-5-8-15(23)9-6-13)26-22-24-12-25-27(20)22/h5-12,20H,4H2,1-3H3,(H,24,25,26)/t20-/m0/s1. The fourth-order valence-electron chi connectivity index (χ4n) is 3.57. The predicted molar refractivity (Wildman–Crippen MR) is 116 cm³/mol. The van der Waals surface area contributed by atoms with Crippen molar-refractivity contribution in [1.82, 2.24) is 14.8 Å². The molecule has 4 rings (SSSR count). The molecule has 1 aliphatic rings. The van der Waals surface area contributed by atoms with E-state index in [-0.39, 0.29) is 0 Å². The molecule has 3 aromatic rings. The van der Waals surface area contributed by atoms with E-state index < -0.39 is 12.0 Å². The lowest BCUT2D eigenvalue weighted by Gasteiger charge is -2.29. The van der Waals surface area contributed by atoms with Crippen LogP contribution in [-0.2, 0) is 9.53 Å². The highest BCUT2D eigenvalue weighted by Gasteiger charge is 2.36. The summed E-state index contributed by atoms with van der Waals surface area (Å²) in [7, 11) is 2.93. The first-order valence-electron chi connectivity index (χ1n) is 9.63. The van der Waals surface area contributed by atoms with Crippen molar-refractivity contribution in [1.29, 1.82) is 0 Å². The van der Waals surface area contributed by atoms with Crippen molar-refractivity contribution in [2.24, 2.45) is 0 Å². The van der Waals surface area contributed by atoms with Gasteiger partial charge in [0.15, 0.2) is 11.5 Å². The molecule has 1 aliphatic heterocycles. The highest BCUT2D eigenvalue weighted by Crippen LogP contribution is 2.41. The molecule has 2 heterocycles. The summed E-state index contributed by atoms with van der Waals surface area (Å²) in [5.74, 6) is 1.17. The topological polar surface area (TPSA) is 87.5 Å². The first kappa shape index (κ1) is 20.7. The van der Waals surface area contributed by atoms with Gasteiger partial charge >= 0.3 is 5.97 Å². The van der Waals surface area contributed by atoms with Crippen LogP contribution in [0.15, 0.2) is 54.4 Å². The van der Waals surface area contributed by atoms with Crippen molar-refractivity contribution in [2.75, 3.05) is 26.1 Å². The van der Waals surface area contributed by atoms with Crippen LogP contribution in [0.25, 0.3) is 5.70 Å². The average Bonchev–Trinajstić information content (AvgIpc) is 3.26. The Labute approximate surface area is 184 Å². The molecule has 0 unspecified atom stereocenters. The number of ether oxygens (including phenoxy) is 3. The Bertz CT molecular complexity index is 1140. The van der Waals surface area contributed by atoms with E-state index in [0.717, 1.165) is 11.1 Å². The fraction of sp³-hybridized carbons (Fsp3) is 0.227. The first-order chi connectivity index (χ1) is 15.1. The summed E-state index contributed by atoms with van der Waals surface area (Å²) in [5, 5.41) is 8.15. The Morgan fingerprint density at radius 3 is 2.61 bits per heavy atom. The number of esters is 1. The molecule has 1 aromatic heterocycles. The number of halogens is 1. The number of methoxy groups -OCH3 is 2. The minimum Gasteiger partial charge on any atom is -0.493 e. The highest BCUT2D eigenvalue weighted by atomic mass is 35.5. The van der Waals surface area contributed by atoms with E-state index in [2.05, 4.69) is 15.4 Å². The van der Waals surface area contributed by atoms with Crippen molar-refractivity contribution in [3.63, 3.8) is 0 Å². The molecule has 160 valence electrons. The molecule has 1 N–H and O–H groups in total. The second-order valence-corrected chi connectivity index (χ2v) is 7.12. The van der Waals surface area contributed by atoms with Gasteiger partial charge in [-0.2, -0.15) is 10.1 Å². The van der Waals surface area contributed by atoms with Gasteiger partial charge < -0.3 is 19.5 Å². The van der Waals surface area contributed by atoms with E-state index in [9.17, 15) is 4.79 Å². The third-order valence-corrected chi connectivity index (χ3v) is 5.19. The number of rotatable bonds is 6. The fourth-order valence-corrected chi connectivity index (χ4v) is 3.70. The van der Waals surface area contributed by atoms with Crippen LogP contribution in [0.3, 0.4) is 0 Å². The van der Waals surface area contributed by atoms with Gasteiger partial charge in [0, 0.05) is 5.02 Å². The molecule has 0 saturated carbocycles. The van der Waals surface area contributed by atoms with Crippen LogP contribution in [0.4, 0.5) is 5.95 Å². The van der Waals surface area contributed by atoms with Crippen LogP contribution in [-0.4, -0.2) is 41.6 Å². The summed E-state index contributed by atoms with van der Waals surface area (Å²) in [4.78, 5) is 17.3. The number of carbonyl (C=O) groups excluding carboxylic acids is 1. The quantitative estimate of drug-likeness (QED) is 0.581. The van der Waals surface area contributed by atoms with Gasteiger partial charge in [0.2, 0.25) is 5.95 Å². The molecule has 0 aliphatic carbocycles. The van der Waals surface area contributed by atoms with E-state index in [1.54, 1.807) is 30.0 Å². The van der Waals surface area contributed by atoms with Crippen LogP contribution in [0.5, 0.6) is 11.5 Å². The zero-order valence-electron chi connectivity index (χ0n) is 17.3. The maximum atomic E-state index is 13.0. The van der Waals surface area contributed by atoms with E-state index in [1.807, 2.05) is 31.2 Å². The molecule has 0 fully saturated rings. The second-order valence-electron chi connectivity index (χ2n) is 6.69. The van der Waals surface area contributed by atoms with Crippen molar-refractivity contribution < 1.29 is 19.0 Å². The molecule has 2 aromatic carbocycles. The largest absolute Gasteiger partial charge is 0.493 e. The average molecular weight is 441 g/mol. The third-order valence-electron chi connectivity index (χ3n) is 4.94. The molecule has 9 heteroatoms. The number of nitrogens with one attached hydrogen (secondary N) is 1. The monoisotopic (exact) mass is 440 g/mol. The first-order valence-corrected chi connectivity index (χ1v) is 10.0. The number of benzene rings is 2. The Balaban J connectivity index is 1.95. The molecule has 0 saturated heterocycles. The minimum atomic E-state index is -0.595. The molecule has 31 heavy (non-hydrogen) atoms. The normalized spacial score (nSPS) is 15.2. The summed E-state index contributed by atoms with van der Waals surface area (Å²) in [6.45, 7) is 2.36. The van der Waals surface area contributed by atoms with Crippen LogP contribution in [0.1, 0.15) is 24.1 Å². The van der Waals surface area contributed by atoms with Crippen molar-refractivity contribution in [3.8, 4) is 11.5 Å². The minimum absolute atomic E-state index is 0.385. The third kappa shape index (κ3) is 3.82. The summed E-state index contributed by atoms with van der Waals surface area (Å²) >= 11 is 6.06. The summed E-state index contributed by atoms with van der Waals surface area (Å²) in [6, 6.07) is 12.1. The van der Waals surface area contributed by atoms with Gasteiger partial charge in [-0.15, -0.1) is 0 Å². The number of nitrogens with zero attached hydrogens (tertiary/aromatic N) is 3. The molecule has 0 amide bonds. The number of aromatic nitrogens is 3. The van der Waals surface area contributed by atoms with E-state index in [1.165, 1.54) is 13.4 Å². The maximum absolute atomic E-state index is 13.0. The van der Waals surface area contributed by atoms with Crippen molar-refractivity contribution >= 4 is 29.2 Å². The lowest BCUT2D eigenvalue weighted by Crippen LogP contribution is -2.29. The van der Waals surface area contributed by atoms with Crippen molar-refractivity contribution in [3.05, 3.63) is 70.5 Å². The van der Waals surface area contributed by atoms with Gasteiger partial charge in [0.05, 0.1) is 32.1 Å². The molecule has 1 atom stereocenters. The van der Waals surface area contributed by atoms with Crippen LogP contribution >= 0.6 is 11.6 Å². The van der Waals surface area contributed by atoms with Gasteiger partial charge in [-0.1, -0.05) is 29.8 Å².